The number of carbonyl (C=O) groups is 1. The third kappa shape index (κ3) is 5.58. The molecule has 1 saturated heterocycles. The molecule has 134 valence electrons. The third-order valence-corrected chi connectivity index (χ3v) is 4.89. The number of aliphatic hydroxyl groups is 2. The van der Waals surface area contributed by atoms with Crippen LogP contribution in [0.5, 0.6) is 0 Å². The van der Waals surface area contributed by atoms with E-state index < -0.39 is 0 Å². The van der Waals surface area contributed by atoms with Crippen molar-refractivity contribution in [3.05, 3.63) is 35.4 Å². The van der Waals surface area contributed by atoms with Gasteiger partial charge in [-0.15, -0.1) is 0 Å². The molecule has 0 bridgehead atoms. The summed E-state index contributed by atoms with van der Waals surface area (Å²) < 4.78 is 0. The molecular weight excluding hydrogens is 304 g/mol. The van der Waals surface area contributed by atoms with Crippen molar-refractivity contribution in [2.45, 2.75) is 45.2 Å². The molecule has 0 radical (unpaired) electrons. The fraction of sp³-hybridized carbons (Fsp3) is 0.632. The predicted molar refractivity (Wildman–Crippen MR) is 94.8 cm³/mol. The van der Waals surface area contributed by atoms with Gasteiger partial charge in [0.15, 0.2) is 0 Å². The van der Waals surface area contributed by atoms with E-state index in [1.807, 2.05) is 31.2 Å². The number of hydrogen-bond donors (Lipinski definition) is 3. The molecule has 1 aliphatic rings. The molecule has 1 atom stereocenters. The zero-order chi connectivity index (χ0) is 17.4. The Kier molecular flexibility index (Phi) is 7.69. The van der Waals surface area contributed by atoms with E-state index >= 15 is 0 Å². The normalized spacial score (nSPS) is 17.6. The summed E-state index contributed by atoms with van der Waals surface area (Å²) in [5, 5.41) is 21.2. The Hall–Kier alpha value is -1.43. The van der Waals surface area contributed by atoms with E-state index in [1.165, 1.54) is 5.56 Å². The highest BCUT2D eigenvalue weighted by atomic mass is 16.3. The summed E-state index contributed by atoms with van der Waals surface area (Å²) in [4.78, 5) is 14.6. The Morgan fingerprint density at radius 3 is 2.46 bits per heavy atom. The lowest BCUT2D eigenvalue weighted by Gasteiger charge is -2.31. The molecule has 0 aliphatic carbocycles. The largest absolute Gasteiger partial charge is 0.396 e. The zero-order valence-corrected chi connectivity index (χ0v) is 14.6. The fourth-order valence-corrected chi connectivity index (χ4v) is 3.15. The number of nitrogens with one attached hydrogen (secondary N) is 1. The van der Waals surface area contributed by atoms with Gasteiger partial charge in [-0.3, -0.25) is 9.69 Å². The highest BCUT2D eigenvalue weighted by molar-refractivity contribution is 5.94. The van der Waals surface area contributed by atoms with Crippen LogP contribution in [-0.2, 0) is 6.54 Å². The highest BCUT2D eigenvalue weighted by Crippen LogP contribution is 2.18. The van der Waals surface area contributed by atoms with Crippen LogP contribution >= 0.6 is 0 Å². The van der Waals surface area contributed by atoms with E-state index in [4.69, 9.17) is 5.11 Å². The smallest absolute Gasteiger partial charge is 0.251 e. The van der Waals surface area contributed by atoms with E-state index in [2.05, 4.69) is 10.2 Å². The Bertz CT molecular complexity index is 496. The molecule has 1 fully saturated rings. The van der Waals surface area contributed by atoms with E-state index in [1.54, 1.807) is 0 Å². The highest BCUT2D eigenvalue weighted by Gasteiger charge is 2.18. The maximum atomic E-state index is 12.2. The van der Waals surface area contributed by atoms with Crippen molar-refractivity contribution in [3.63, 3.8) is 0 Å². The standard InChI is InChI=1S/C19H30N2O3/c1-2-18(9-12-22)20-19(24)17-5-3-15(4-6-17)13-21-10-7-16(14-23)8-11-21/h3-6,16,18,22-23H,2,7-14H2,1H3,(H,20,24). The van der Waals surface area contributed by atoms with Gasteiger partial charge in [-0.05, 0) is 62.4 Å². The number of piperidine rings is 1. The van der Waals surface area contributed by atoms with E-state index in [-0.39, 0.29) is 18.6 Å². The van der Waals surface area contributed by atoms with Crippen LogP contribution in [-0.4, -0.2) is 53.4 Å². The first kappa shape index (κ1) is 18.9. The lowest BCUT2D eigenvalue weighted by molar-refractivity contribution is 0.0929. The van der Waals surface area contributed by atoms with Crippen LogP contribution in [0.4, 0.5) is 0 Å². The van der Waals surface area contributed by atoms with Gasteiger partial charge in [-0.1, -0.05) is 19.1 Å². The van der Waals surface area contributed by atoms with Crippen LogP contribution in [0.2, 0.25) is 0 Å². The third-order valence-electron chi connectivity index (χ3n) is 4.89. The van der Waals surface area contributed by atoms with Crippen molar-refractivity contribution in [1.29, 1.82) is 0 Å². The fourth-order valence-electron chi connectivity index (χ4n) is 3.15. The lowest BCUT2D eigenvalue weighted by atomic mass is 9.97. The summed E-state index contributed by atoms with van der Waals surface area (Å²) in [6.07, 6.45) is 3.51. The topological polar surface area (TPSA) is 72.8 Å². The molecule has 1 amide bonds. The second-order valence-electron chi connectivity index (χ2n) is 6.69. The Balaban J connectivity index is 1.85. The molecule has 0 spiro atoms. The number of benzene rings is 1. The van der Waals surface area contributed by atoms with Crippen molar-refractivity contribution >= 4 is 5.91 Å². The monoisotopic (exact) mass is 334 g/mol. The zero-order valence-electron chi connectivity index (χ0n) is 14.6. The Labute approximate surface area is 144 Å². The number of nitrogens with zero attached hydrogens (tertiary/aromatic N) is 1. The van der Waals surface area contributed by atoms with Gasteiger partial charge in [0.25, 0.3) is 5.91 Å². The number of likely N-dealkylation sites (tertiary alicyclic amines) is 1. The van der Waals surface area contributed by atoms with Crippen LogP contribution in [0, 0.1) is 5.92 Å². The molecule has 1 aromatic carbocycles. The van der Waals surface area contributed by atoms with E-state index in [0.717, 1.165) is 38.9 Å². The van der Waals surface area contributed by atoms with Gasteiger partial charge in [0, 0.05) is 31.4 Å². The van der Waals surface area contributed by atoms with Crippen molar-refractivity contribution < 1.29 is 15.0 Å². The average Bonchev–Trinajstić information content (AvgIpc) is 2.62. The Morgan fingerprint density at radius 1 is 1.25 bits per heavy atom. The molecule has 1 aliphatic heterocycles. The lowest BCUT2D eigenvalue weighted by Crippen LogP contribution is -2.35. The molecule has 1 heterocycles. The number of amides is 1. The second-order valence-corrected chi connectivity index (χ2v) is 6.69. The SMILES string of the molecule is CCC(CCO)NC(=O)c1ccc(CN2CCC(CO)CC2)cc1. The minimum absolute atomic E-state index is 0.0231. The quantitative estimate of drug-likeness (QED) is 0.678. The van der Waals surface area contributed by atoms with Crippen molar-refractivity contribution in [1.82, 2.24) is 10.2 Å². The van der Waals surface area contributed by atoms with Crippen LogP contribution in [0.25, 0.3) is 0 Å². The summed E-state index contributed by atoms with van der Waals surface area (Å²) in [6.45, 7) is 5.32. The minimum atomic E-state index is -0.0781. The van der Waals surface area contributed by atoms with Crippen molar-refractivity contribution in [2.75, 3.05) is 26.3 Å². The number of rotatable bonds is 8. The van der Waals surface area contributed by atoms with Crippen LogP contribution in [0.15, 0.2) is 24.3 Å². The van der Waals surface area contributed by atoms with Gasteiger partial charge in [0.2, 0.25) is 0 Å². The van der Waals surface area contributed by atoms with E-state index in [9.17, 15) is 9.90 Å². The van der Waals surface area contributed by atoms with Crippen molar-refractivity contribution in [2.24, 2.45) is 5.92 Å². The number of hydrogen-bond acceptors (Lipinski definition) is 4. The van der Waals surface area contributed by atoms with E-state index in [0.29, 0.717) is 24.5 Å². The van der Waals surface area contributed by atoms with Gasteiger partial charge < -0.3 is 15.5 Å². The van der Waals surface area contributed by atoms with Gasteiger partial charge in [-0.25, -0.2) is 0 Å². The second kappa shape index (κ2) is 9.77. The minimum Gasteiger partial charge on any atom is -0.396 e. The molecule has 24 heavy (non-hydrogen) atoms. The Morgan fingerprint density at radius 2 is 1.92 bits per heavy atom. The maximum absolute atomic E-state index is 12.2. The van der Waals surface area contributed by atoms with Gasteiger partial charge >= 0.3 is 0 Å². The molecule has 5 nitrogen and oxygen atoms in total. The van der Waals surface area contributed by atoms with Gasteiger partial charge in [0.1, 0.15) is 0 Å². The summed E-state index contributed by atoms with van der Waals surface area (Å²) in [5.74, 6) is 0.378. The van der Waals surface area contributed by atoms with Crippen LogP contribution in [0.3, 0.4) is 0 Å². The molecule has 2 rings (SSSR count). The number of aliphatic hydroxyl groups excluding tert-OH is 2. The van der Waals surface area contributed by atoms with Crippen LogP contribution in [0.1, 0.15) is 48.5 Å². The molecule has 3 N–H and O–H groups in total. The molecular formula is C19H30N2O3. The molecule has 0 saturated carbocycles. The predicted octanol–water partition coefficient (Wildman–Crippen LogP) is 1.78. The summed E-state index contributed by atoms with van der Waals surface area (Å²) in [5.41, 5.74) is 1.87. The summed E-state index contributed by atoms with van der Waals surface area (Å²) >= 11 is 0. The average molecular weight is 334 g/mol. The maximum Gasteiger partial charge on any atom is 0.251 e. The summed E-state index contributed by atoms with van der Waals surface area (Å²) in [7, 11) is 0. The van der Waals surface area contributed by atoms with Gasteiger partial charge in [0.05, 0.1) is 0 Å². The first-order valence-electron chi connectivity index (χ1n) is 9.00. The van der Waals surface area contributed by atoms with Crippen LogP contribution < -0.4 is 5.32 Å². The first-order valence-corrected chi connectivity index (χ1v) is 9.00. The number of carbonyl (C=O) groups excluding carboxylic acids is 1. The van der Waals surface area contributed by atoms with Crippen molar-refractivity contribution in [3.8, 4) is 0 Å². The molecule has 1 aromatic rings. The molecule has 0 aromatic heterocycles. The summed E-state index contributed by atoms with van der Waals surface area (Å²) in [6, 6.07) is 7.79. The van der Waals surface area contributed by atoms with Gasteiger partial charge in [-0.2, -0.15) is 0 Å². The first-order chi connectivity index (χ1) is 11.7. The molecule has 5 heteroatoms. The molecule has 1 unspecified atom stereocenters.